The second-order valence-electron chi connectivity index (χ2n) is 14.2. The van der Waals surface area contributed by atoms with Crippen LogP contribution in [0.2, 0.25) is 0 Å². The van der Waals surface area contributed by atoms with E-state index in [0.29, 0.717) is 25.8 Å². The van der Waals surface area contributed by atoms with Crippen molar-refractivity contribution in [3.05, 3.63) is 12.7 Å². The number of ether oxygens (including phenoxy) is 1. The number of rotatable bonds is 15. The van der Waals surface area contributed by atoms with Gasteiger partial charge >= 0.3 is 12.1 Å². The van der Waals surface area contributed by atoms with Crippen LogP contribution < -0.4 is 26.6 Å². The van der Waals surface area contributed by atoms with Crippen molar-refractivity contribution >= 4 is 35.6 Å². The van der Waals surface area contributed by atoms with E-state index < -0.39 is 64.7 Å². The second kappa shape index (κ2) is 18.5. The Morgan fingerprint density at radius 3 is 2.31 bits per heavy atom. The molecule has 1 heterocycles. The van der Waals surface area contributed by atoms with Crippen LogP contribution in [-0.2, 0) is 23.9 Å². The Hall–Kier alpha value is -4.08. The number of alkyl carbamates (subject to hydrolysis) is 1. The maximum absolute atomic E-state index is 14.5. The Labute approximate surface area is 285 Å². The first-order chi connectivity index (χ1) is 22.6. The average molecular weight is 673 g/mol. The zero-order valence-electron chi connectivity index (χ0n) is 29.5. The molecule has 5 N–H and O–H groups in total. The first-order valence-electron chi connectivity index (χ1n) is 17.0. The third-order valence-electron chi connectivity index (χ3n) is 9.36. The molecular weight excluding hydrogens is 616 g/mol. The summed E-state index contributed by atoms with van der Waals surface area (Å²) in [5.41, 5.74) is -1.07. The average Bonchev–Trinajstić information content (AvgIpc) is 3.43. The molecule has 268 valence electrons. The van der Waals surface area contributed by atoms with Gasteiger partial charge in [-0.1, -0.05) is 60.0 Å². The van der Waals surface area contributed by atoms with E-state index in [1.54, 1.807) is 6.92 Å². The summed E-state index contributed by atoms with van der Waals surface area (Å²) in [7, 11) is 0. The van der Waals surface area contributed by atoms with E-state index in [-0.39, 0.29) is 44.4 Å². The van der Waals surface area contributed by atoms with Crippen molar-refractivity contribution < 1.29 is 33.5 Å². The van der Waals surface area contributed by atoms with Crippen LogP contribution in [0.4, 0.5) is 9.59 Å². The van der Waals surface area contributed by atoms with Crippen LogP contribution in [0.25, 0.3) is 0 Å². The van der Waals surface area contributed by atoms with Gasteiger partial charge in [-0.15, -0.1) is 18.9 Å². The van der Waals surface area contributed by atoms with Gasteiger partial charge in [-0.25, -0.2) is 9.59 Å². The Balaban J connectivity index is 2.33. The molecule has 0 bridgehead atoms. The summed E-state index contributed by atoms with van der Waals surface area (Å²) in [5, 5.41) is 13.6. The smallest absolute Gasteiger partial charge is 0.407 e. The maximum Gasteiger partial charge on any atom is 0.407 e. The van der Waals surface area contributed by atoms with E-state index in [1.807, 2.05) is 34.6 Å². The molecule has 1 saturated carbocycles. The monoisotopic (exact) mass is 672 g/mol. The summed E-state index contributed by atoms with van der Waals surface area (Å²) in [6.45, 7) is 15.5. The number of amides is 6. The molecule has 48 heavy (non-hydrogen) atoms. The molecule has 0 spiro atoms. The molecule has 5 atom stereocenters. The molecule has 0 aromatic carbocycles. The molecule has 0 aromatic heterocycles. The van der Waals surface area contributed by atoms with E-state index in [2.05, 4.69) is 39.1 Å². The topological polar surface area (TPSA) is 175 Å². The summed E-state index contributed by atoms with van der Waals surface area (Å²) >= 11 is 0. The standard InChI is InChI=1S/C35H56N6O7/c1-9-12-16-24(27(42)30(44)37-20-10-2)38-29(43)26-23(4)17-21-41(26)31(45)28(35(8)18-14-13-15-19-35)40-32(46)39-25(34(5,6)7)22-48-33(47)36-11-3/h1,10,23-26,28H,2,11-22H2,3-8H3,(H,36,47)(H,37,44)(H,38,43)(H2,39,40,46)/t23-,24?,25?,26?,28+/m0/s1. The van der Waals surface area contributed by atoms with Crippen molar-refractivity contribution in [3.63, 3.8) is 0 Å². The van der Waals surface area contributed by atoms with Gasteiger partial charge in [0.05, 0.1) is 12.1 Å². The van der Waals surface area contributed by atoms with Gasteiger partial charge in [0.2, 0.25) is 17.6 Å². The van der Waals surface area contributed by atoms with Crippen LogP contribution in [0.15, 0.2) is 12.7 Å². The Kier molecular flexibility index (Phi) is 15.4. The normalized spacial score (nSPS) is 20.6. The van der Waals surface area contributed by atoms with Gasteiger partial charge in [0, 0.05) is 26.1 Å². The minimum atomic E-state index is -1.17. The maximum atomic E-state index is 14.5. The fourth-order valence-electron chi connectivity index (χ4n) is 6.30. The van der Waals surface area contributed by atoms with Gasteiger partial charge in [0.25, 0.3) is 5.91 Å². The predicted octanol–water partition coefficient (Wildman–Crippen LogP) is 2.79. The van der Waals surface area contributed by atoms with E-state index in [0.717, 1.165) is 19.3 Å². The Bertz CT molecular complexity index is 1220. The van der Waals surface area contributed by atoms with Gasteiger partial charge in [-0.3, -0.25) is 19.2 Å². The molecule has 2 fully saturated rings. The molecule has 13 heteroatoms. The van der Waals surface area contributed by atoms with Gasteiger partial charge in [-0.05, 0) is 49.4 Å². The minimum Gasteiger partial charge on any atom is -0.447 e. The van der Waals surface area contributed by atoms with E-state index >= 15 is 0 Å². The van der Waals surface area contributed by atoms with Crippen LogP contribution >= 0.6 is 0 Å². The molecule has 0 radical (unpaired) electrons. The van der Waals surface area contributed by atoms with Crippen LogP contribution in [-0.4, -0.2) is 90.9 Å². The van der Waals surface area contributed by atoms with Crippen LogP contribution in [0, 0.1) is 29.1 Å². The second-order valence-corrected chi connectivity index (χ2v) is 14.2. The van der Waals surface area contributed by atoms with Crippen molar-refractivity contribution in [1.82, 2.24) is 31.5 Å². The third-order valence-corrected chi connectivity index (χ3v) is 9.36. The molecule has 0 aromatic rings. The molecule has 3 unspecified atom stereocenters. The number of Topliss-reactive ketones (excluding diaryl/α,β-unsaturated/α-hetero) is 1. The van der Waals surface area contributed by atoms with Gasteiger partial charge in [0.15, 0.2) is 0 Å². The van der Waals surface area contributed by atoms with Gasteiger partial charge in [0.1, 0.15) is 18.7 Å². The lowest BCUT2D eigenvalue weighted by molar-refractivity contribution is -0.145. The number of nitrogens with one attached hydrogen (secondary N) is 5. The number of urea groups is 1. The first kappa shape index (κ1) is 40.1. The summed E-state index contributed by atoms with van der Waals surface area (Å²) < 4.78 is 5.32. The number of hydrogen-bond donors (Lipinski definition) is 5. The Morgan fingerprint density at radius 2 is 1.73 bits per heavy atom. The molecule has 6 amide bonds. The van der Waals surface area contributed by atoms with Gasteiger partial charge < -0.3 is 36.2 Å². The van der Waals surface area contributed by atoms with E-state index in [9.17, 15) is 28.8 Å². The van der Waals surface area contributed by atoms with Crippen LogP contribution in [0.1, 0.15) is 92.9 Å². The lowest BCUT2D eigenvalue weighted by Crippen LogP contribution is -2.63. The quantitative estimate of drug-likeness (QED) is 0.101. The number of terminal acetylenes is 1. The lowest BCUT2D eigenvalue weighted by atomic mass is 9.70. The SMILES string of the molecule is C#CCCC(NC(=O)C1[C@@H](C)CCN1C(=O)[C@@H](NC(=O)NC(COC(=O)NCC)C(C)(C)C)C1(C)CCCCC1)C(=O)C(=O)NCC=C. The highest BCUT2D eigenvalue weighted by Crippen LogP contribution is 2.40. The molecule has 2 rings (SSSR count). The van der Waals surface area contributed by atoms with Crippen molar-refractivity contribution in [2.75, 3.05) is 26.2 Å². The summed E-state index contributed by atoms with van der Waals surface area (Å²) in [6.07, 6.45) is 11.2. The van der Waals surface area contributed by atoms with E-state index in [1.165, 1.54) is 11.0 Å². The third kappa shape index (κ3) is 11.3. The minimum absolute atomic E-state index is 0.0544. The molecule has 1 aliphatic heterocycles. The highest BCUT2D eigenvalue weighted by Gasteiger charge is 2.48. The van der Waals surface area contributed by atoms with Crippen molar-refractivity contribution in [1.29, 1.82) is 0 Å². The fraction of sp³-hybridized carbons (Fsp3) is 0.714. The summed E-state index contributed by atoms with van der Waals surface area (Å²) in [5.74, 6) is -0.464. The van der Waals surface area contributed by atoms with Crippen molar-refractivity contribution in [3.8, 4) is 12.3 Å². The molecule has 13 nitrogen and oxygen atoms in total. The van der Waals surface area contributed by atoms with Gasteiger partial charge in [-0.2, -0.15) is 0 Å². The molecule has 2 aliphatic rings. The summed E-state index contributed by atoms with van der Waals surface area (Å²) in [4.78, 5) is 80.8. The zero-order chi connectivity index (χ0) is 36.1. The molecular formula is C35H56N6O7. The fourth-order valence-corrected chi connectivity index (χ4v) is 6.30. The molecule has 1 aliphatic carbocycles. The number of ketones is 1. The number of likely N-dealkylation sites (tertiary alicyclic amines) is 1. The largest absolute Gasteiger partial charge is 0.447 e. The van der Waals surface area contributed by atoms with Crippen LogP contribution in [0.3, 0.4) is 0 Å². The van der Waals surface area contributed by atoms with Crippen LogP contribution in [0.5, 0.6) is 0 Å². The number of carbonyl (C=O) groups excluding carboxylic acids is 6. The van der Waals surface area contributed by atoms with Crippen molar-refractivity contribution in [2.45, 2.75) is 117 Å². The molecule has 1 saturated heterocycles. The summed E-state index contributed by atoms with van der Waals surface area (Å²) in [6, 6.07) is -4.21. The highest BCUT2D eigenvalue weighted by molar-refractivity contribution is 6.38. The first-order valence-corrected chi connectivity index (χ1v) is 17.0. The predicted molar refractivity (Wildman–Crippen MR) is 182 cm³/mol. The number of nitrogens with zero attached hydrogens (tertiary/aromatic N) is 1. The van der Waals surface area contributed by atoms with E-state index in [4.69, 9.17) is 11.2 Å². The number of hydrogen-bond acceptors (Lipinski definition) is 7. The lowest BCUT2D eigenvalue weighted by Gasteiger charge is -2.43. The number of carbonyl (C=O) groups is 6. The zero-order valence-corrected chi connectivity index (χ0v) is 29.5. The highest BCUT2D eigenvalue weighted by atomic mass is 16.5. The Morgan fingerprint density at radius 1 is 1.06 bits per heavy atom. The van der Waals surface area contributed by atoms with Crippen molar-refractivity contribution in [2.24, 2.45) is 16.7 Å².